The number of hydrogen-bond donors (Lipinski definition) is 2. The highest BCUT2D eigenvalue weighted by atomic mass is 32.1. The van der Waals surface area contributed by atoms with E-state index in [1.807, 2.05) is 0 Å². The summed E-state index contributed by atoms with van der Waals surface area (Å²) in [7, 11) is 0. The largest absolute Gasteiger partial charge is 0.359 e. The fourth-order valence-corrected chi connectivity index (χ4v) is 0.655. The average molecular weight is 118 g/mol. The predicted molar refractivity (Wildman–Crippen MR) is 29.1 cm³/mol. The van der Waals surface area contributed by atoms with E-state index < -0.39 is 0 Å². The first-order valence-electron chi connectivity index (χ1n) is 2.05. The molecule has 1 aliphatic heterocycles. The van der Waals surface area contributed by atoms with Crippen molar-refractivity contribution in [3.8, 4) is 0 Å². The van der Waals surface area contributed by atoms with Crippen LogP contribution in [0.5, 0.6) is 0 Å². The summed E-state index contributed by atoms with van der Waals surface area (Å²) in [5, 5.41) is 12.9. The number of nitrogens with zero attached hydrogens (tertiary/aromatic N) is 1. The molecule has 0 aliphatic carbocycles. The van der Waals surface area contributed by atoms with Gasteiger partial charge in [0.1, 0.15) is 0 Å². The molecule has 2 N–H and O–H groups in total. The maximum absolute atomic E-state index is 8.63. The standard InChI is InChI=1S/C3H6N2OS/c6-5-2-1-4-3(5)7/h6H,1-2H2,(H,4,7). The molecule has 0 aromatic carbocycles. The molecule has 1 saturated heterocycles. The molecule has 0 aromatic rings. The molecule has 3 nitrogen and oxygen atoms in total. The maximum Gasteiger partial charge on any atom is 0.193 e. The van der Waals surface area contributed by atoms with E-state index in [0.29, 0.717) is 11.7 Å². The van der Waals surface area contributed by atoms with Crippen molar-refractivity contribution in [2.45, 2.75) is 0 Å². The summed E-state index contributed by atoms with van der Waals surface area (Å²) < 4.78 is 0. The molecule has 0 bridgehead atoms. The minimum Gasteiger partial charge on any atom is -0.359 e. The van der Waals surface area contributed by atoms with Gasteiger partial charge in [-0.15, -0.1) is 0 Å². The summed E-state index contributed by atoms with van der Waals surface area (Å²) in [6.45, 7) is 1.37. The first-order chi connectivity index (χ1) is 3.30. The smallest absolute Gasteiger partial charge is 0.193 e. The van der Waals surface area contributed by atoms with Crippen LogP contribution in [0.15, 0.2) is 0 Å². The molecular weight excluding hydrogens is 112 g/mol. The van der Waals surface area contributed by atoms with Crippen LogP contribution in [0.2, 0.25) is 0 Å². The normalized spacial score (nSPS) is 20.1. The topological polar surface area (TPSA) is 35.5 Å². The number of thiocarbonyl (C=S) groups is 1. The van der Waals surface area contributed by atoms with E-state index in [4.69, 9.17) is 5.21 Å². The van der Waals surface area contributed by atoms with Gasteiger partial charge in [-0.05, 0) is 12.2 Å². The molecule has 7 heavy (non-hydrogen) atoms. The average Bonchev–Trinajstić information content (AvgIpc) is 1.91. The third kappa shape index (κ3) is 0.808. The zero-order valence-electron chi connectivity index (χ0n) is 3.72. The molecule has 0 unspecified atom stereocenters. The summed E-state index contributed by atoms with van der Waals surface area (Å²) in [4.78, 5) is 0. The first-order valence-corrected chi connectivity index (χ1v) is 2.46. The third-order valence-electron chi connectivity index (χ3n) is 0.834. The fourth-order valence-electron chi connectivity index (χ4n) is 0.462. The Morgan fingerprint density at radius 3 is 2.71 bits per heavy atom. The highest BCUT2D eigenvalue weighted by Gasteiger charge is 2.11. The van der Waals surface area contributed by atoms with Crippen molar-refractivity contribution in [2.75, 3.05) is 13.1 Å². The lowest BCUT2D eigenvalue weighted by Gasteiger charge is -2.02. The van der Waals surface area contributed by atoms with Gasteiger partial charge in [0.2, 0.25) is 0 Å². The summed E-state index contributed by atoms with van der Waals surface area (Å²) >= 11 is 4.61. The monoisotopic (exact) mass is 118 g/mol. The zero-order chi connectivity index (χ0) is 5.28. The highest BCUT2D eigenvalue weighted by Crippen LogP contribution is 1.88. The van der Waals surface area contributed by atoms with Gasteiger partial charge in [0, 0.05) is 6.54 Å². The van der Waals surface area contributed by atoms with Crippen LogP contribution in [0.25, 0.3) is 0 Å². The number of nitrogens with one attached hydrogen (secondary N) is 1. The maximum atomic E-state index is 8.63. The van der Waals surface area contributed by atoms with E-state index in [1.54, 1.807) is 0 Å². The Bertz CT molecular complexity index is 94.9. The van der Waals surface area contributed by atoms with E-state index in [1.165, 1.54) is 0 Å². The van der Waals surface area contributed by atoms with Gasteiger partial charge >= 0.3 is 0 Å². The summed E-state index contributed by atoms with van der Waals surface area (Å²) in [6.07, 6.45) is 0. The minimum atomic E-state index is 0.431. The lowest BCUT2D eigenvalue weighted by Crippen LogP contribution is -2.23. The van der Waals surface area contributed by atoms with Crippen molar-refractivity contribution in [3.05, 3.63) is 0 Å². The SMILES string of the molecule is ON1CCNC1=S. The molecular formula is C3H6N2OS. The van der Waals surface area contributed by atoms with Crippen LogP contribution in [0.4, 0.5) is 0 Å². The Kier molecular flexibility index (Phi) is 1.12. The van der Waals surface area contributed by atoms with Crippen LogP contribution in [0.1, 0.15) is 0 Å². The van der Waals surface area contributed by atoms with Gasteiger partial charge in [0.25, 0.3) is 0 Å². The van der Waals surface area contributed by atoms with Gasteiger partial charge in [-0.3, -0.25) is 5.21 Å². The van der Waals surface area contributed by atoms with E-state index >= 15 is 0 Å². The van der Waals surface area contributed by atoms with Crippen molar-refractivity contribution >= 4 is 17.3 Å². The van der Waals surface area contributed by atoms with Crippen LogP contribution in [0, 0.1) is 0 Å². The molecule has 0 radical (unpaired) electrons. The number of hydrogen-bond acceptors (Lipinski definition) is 2. The van der Waals surface area contributed by atoms with Gasteiger partial charge < -0.3 is 5.32 Å². The van der Waals surface area contributed by atoms with Crippen molar-refractivity contribution in [3.63, 3.8) is 0 Å². The van der Waals surface area contributed by atoms with Crippen molar-refractivity contribution in [1.29, 1.82) is 0 Å². The molecule has 1 aliphatic rings. The lowest BCUT2D eigenvalue weighted by atomic mass is 10.7. The Labute approximate surface area is 46.9 Å². The molecule has 1 fully saturated rings. The van der Waals surface area contributed by atoms with Crippen LogP contribution < -0.4 is 5.32 Å². The van der Waals surface area contributed by atoms with Gasteiger partial charge in [0.15, 0.2) is 5.11 Å². The van der Waals surface area contributed by atoms with E-state index in [9.17, 15) is 0 Å². The van der Waals surface area contributed by atoms with Crippen LogP contribution in [-0.2, 0) is 0 Å². The summed E-state index contributed by atoms with van der Waals surface area (Å²) in [5.74, 6) is 0. The second kappa shape index (κ2) is 1.63. The van der Waals surface area contributed by atoms with Crippen molar-refractivity contribution < 1.29 is 5.21 Å². The molecule has 0 spiro atoms. The lowest BCUT2D eigenvalue weighted by molar-refractivity contribution is 0.00153. The fraction of sp³-hybridized carbons (Fsp3) is 0.667. The summed E-state index contributed by atoms with van der Waals surface area (Å²) in [5.41, 5.74) is 0. The quantitative estimate of drug-likeness (QED) is 0.423. The van der Waals surface area contributed by atoms with E-state index in [0.717, 1.165) is 11.6 Å². The van der Waals surface area contributed by atoms with Crippen molar-refractivity contribution in [1.82, 2.24) is 10.4 Å². The van der Waals surface area contributed by atoms with Crippen molar-refractivity contribution in [2.24, 2.45) is 0 Å². The number of hydroxylamine groups is 2. The Balaban J connectivity index is 2.48. The molecule has 0 amide bonds. The summed E-state index contributed by atoms with van der Waals surface area (Å²) in [6, 6.07) is 0. The van der Waals surface area contributed by atoms with E-state index in [-0.39, 0.29) is 0 Å². The van der Waals surface area contributed by atoms with Crippen LogP contribution >= 0.6 is 12.2 Å². The molecule has 4 heteroatoms. The molecule has 40 valence electrons. The predicted octanol–water partition coefficient (Wildman–Crippen LogP) is -0.434. The second-order valence-electron chi connectivity index (χ2n) is 1.36. The Morgan fingerprint density at radius 2 is 2.57 bits per heavy atom. The molecule has 0 saturated carbocycles. The van der Waals surface area contributed by atoms with Gasteiger partial charge in [-0.25, -0.2) is 5.06 Å². The zero-order valence-corrected chi connectivity index (χ0v) is 4.53. The highest BCUT2D eigenvalue weighted by molar-refractivity contribution is 7.80. The van der Waals surface area contributed by atoms with Gasteiger partial charge in [-0.2, -0.15) is 0 Å². The minimum absolute atomic E-state index is 0.431. The molecule has 1 heterocycles. The number of rotatable bonds is 0. The van der Waals surface area contributed by atoms with E-state index in [2.05, 4.69) is 17.5 Å². The molecule has 0 atom stereocenters. The molecule has 0 aromatic heterocycles. The van der Waals surface area contributed by atoms with Gasteiger partial charge in [-0.1, -0.05) is 0 Å². The third-order valence-corrected chi connectivity index (χ3v) is 1.19. The van der Waals surface area contributed by atoms with Gasteiger partial charge in [0.05, 0.1) is 6.54 Å². The molecule has 1 rings (SSSR count). The first kappa shape index (κ1) is 4.80. The van der Waals surface area contributed by atoms with Crippen LogP contribution in [0.3, 0.4) is 0 Å². The Morgan fingerprint density at radius 1 is 1.86 bits per heavy atom. The van der Waals surface area contributed by atoms with Crippen LogP contribution in [-0.4, -0.2) is 28.5 Å². The second-order valence-corrected chi connectivity index (χ2v) is 1.74. The Hall–Kier alpha value is -0.350.